The van der Waals surface area contributed by atoms with E-state index in [1.807, 2.05) is 13.8 Å². The maximum Gasteiger partial charge on any atom is 0.320 e. The van der Waals surface area contributed by atoms with Crippen LogP contribution in [0.4, 0.5) is 0 Å². The lowest BCUT2D eigenvalue weighted by molar-refractivity contribution is -0.140. The summed E-state index contributed by atoms with van der Waals surface area (Å²) in [6, 6.07) is 7.39. The summed E-state index contributed by atoms with van der Waals surface area (Å²) < 4.78 is 26.3. The first-order valence-electron chi connectivity index (χ1n) is 6.89. The average Bonchev–Trinajstić information content (AvgIpc) is 2.47. The molecule has 0 aliphatic carbocycles. The minimum atomic E-state index is -3.54. The molecule has 21 heavy (non-hydrogen) atoms. The number of carbonyl (C=O) groups is 1. The summed E-state index contributed by atoms with van der Waals surface area (Å²) in [4.78, 5) is 11.3. The molecule has 6 nitrogen and oxygen atoms in total. The summed E-state index contributed by atoms with van der Waals surface area (Å²) in [5, 5.41) is 12.0. The summed E-state index contributed by atoms with van der Waals surface area (Å²) in [7, 11) is -3.54. The molecule has 7 heteroatoms. The zero-order chi connectivity index (χ0) is 15.9. The SMILES string of the molecule is CC[C@H](C)[C@H](NCCNS(=O)(=O)c1ccccc1)C(=O)O. The molecule has 118 valence electrons. The van der Waals surface area contributed by atoms with Gasteiger partial charge in [-0.05, 0) is 18.1 Å². The predicted molar refractivity (Wildman–Crippen MR) is 80.5 cm³/mol. The molecule has 0 unspecified atom stereocenters. The molecule has 0 amide bonds. The lowest BCUT2D eigenvalue weighted by atomic mass is 9.99. The molecule has 0 saturated heterocycles. The van der Waals surface area contributed by atoms with Gasteiger partial charge in [-0.25, -0.2) is 13.1 Å². The predicted octanol–water partition coefficient (Wildman–Crippen LogP) is 1.05. The maximum absolute atomic E-state index is 11.9. The van der Waals surface area contributed by atoms with E-state index in [9.17, 15) is 13.2 Å². The summed E-state index contributed by atoms with van der Waals surface area (Å²) >= 11 is 0. The monoisotopic (exact) mass is 314 g/mol. The Balaban J connectivity index is 2.48. The topological polar surface area (TPSA) is 95.5 Å². The fraction of sp³-hybridized carbons (Fsp3) is 0.500. The van der Waals surface area contributed by atoms with Gasteiger partial charge in [0.05, 0.1) is 4.90 Å². The van der Waals surface area contributed by atoms with Crippen molar-refractivity contribution in [2.75, 3.05) is 13.1 Å². The van der Waals surface area contributed by atoms with E-state index in [2.05, 4.69) is 10.0 Å². The van der Waals surface area contributed by atoms with E-state index >= 15 is 0 Å². The normalized spacial score (nSPS) is 14.6. The Morgan fingerprint density at radius 3 is 2.38 bits per heavy atom. The van der Waals surface area contributed by atoms with E-state index in [0.717, 1.165) is 6.42 Å². The van der Waals surface area contributed by atoms with Crippen molar-refractivity contribution in [3.8, 4) is 0 Å². The Morgan fingerprint density at radius 2 is 1.86 bits per heavy atom. The highest BCUT2D eigenvalue weighted by Gasteiger charge is 2.22. The summed E-state index contributed by atoms with van der Waals surface area (Å²) in [6.45, 7) is 4.16. The Morgan fingerprint density at radius 1 is 1.24 bits per heavy atom. The van der Waals surface area contributed by atoms with Gasteiger partial charge in [-0.3, -0.25) is 4.79 Å². The van der Waals surface area contributed by atoms with Crippen LogP contribution in [0.3, 0.4) is 0 Å². The molecule has 0 bridgehead atoms. The number of carboxylic acids is 1. The molecule has 1 rings (SSSR count). The van der Waals surface area contributed by atoms with Gasteiger partial charge in [0.2, 0.25) is 10.0 Å². The Hall–Kier alpha value is -1.44. The molecule has 0 spiro atoms. The largest absolute Gasteiger partial charge is 0.480 e. The van der Waals surface area contributed by atoms with Crippen molar-refractivity contribution in [3.63, 3.8) is 0 Å². The number of carboxylic acid groups (broad SMARTS) is 1. The van der Waals surface area contributed by atoms with Crippen LogP contribution in [0.5, 0.6) is 0 Å². The van der Waals surface area contributed by atoms with Crippen LogP contribution in [0.2, 0.25) is 0 Å². The Bertz CT molecular complexity index is 545. The van der Waals surface area contributed by atoms with Gasteiger partial charge in [-0.1, -0.05) is 38.5 Å². The second-order valence-electron chi connectivity index (χ2n) is 4.87. The number of aliphatic carboxylic acids is 1. The summed E-state index contributed by atoms with van der Waals surface area (Å²) in [5.41, 5.74) is 0. The molecule has 0 aromatic heterocycles. The van der Waals surface area contributed by atoms with E-state index < -0.39 is 22.0 Å². The van der Waals surface area contributed by atoms with Crippen LogP contribution in [0.25, 0.3) is 0 Å². The third-order valence-corrected chi connectivity index (χ3v) is 4.79. The van der Waals surface area contributed by atoms with Crippen molar-refractivity contribution in [3.05, 3.63) is 30.3 Å². The number of hydrogen-bond acceptors (Lipinski definition) is 4. The second-order valence-corrected chi connectivity index (χ2v) is 6.63. The molecule has 0 heterocycles. The first-order valence-corrected chi connectivity index (χ1v) is 8.37. The van der Waals surface area contributed by atoms with Gasteiger partial charge in [0, 0.05) is 13.1 Å². The van der Waals surface area contributed by atoms with Crippen LogP contribution < -0.4 is 10.0 Å². The number of benzene rings is 1. The maximum atomic E-state index is 11.9. The van der Waals surface area contributed by atoms with Crippen LogP contribution >= 0.6 is 0 Å². The quantitative estimate of drug-likeness (QED) is 0.592. The fourth-order valence-corrected chi connectivity index (χ4v) is 2.92. The van der Waals surface area contributed by atoms with Crippen molar-refractivity contribution < 1.29 is 18.3 Å². The smallest absolute Gasteiger partial charge is 0.320 e. The van der Waals surface area contributed by atoms with Gasteiger partial charge in [0.25, 0.3) is 0 Å². The summed E-state index contributed by atoms with van der Waals surface area (Å²) in [5.74, 6) is -0.941. The fourth-order valence-electron chi connectivity index (χ4n) is 1.86. The minimum absolute atomic E-state index is 0.0202. The van der Waals surface area contributed by atoms with Crippen molar-refractivity contribution in [1.82, 2.24) is 10.0 Å². The van der Waals surface area contributed by atoms with E-state index in [4.69, 9.17) is 5.11 Å². The third kappa shape index (κ3) is 5.45. The zero-order valence-corrected chi connectivity index (χ0v) is 13.1. The first kappa shape index (κ1) is 17.6. The standard InChI is InChI=1S/C14H22N2O4S/c1-3-11(2)13(14(17)18)15-9-10-16-21(19,20)12-7-5-4-6-8-12/h4-8,11,13,15-16H,3,9-10H2,1-2H3,(H,17,18)/t11-,13-/m0/s1. The highest BCUT2D eigenvalue weighted by Crippen LogP contribution is 2.08. The van der Waals surface area contributed by atoms with Crippen molar-refractivity contribution in [1.29, 1.82) is 0 Å². The van der Waals surface area contributed by atoms with Gasteiger partial charge in [-0.2, -0.15) is 0 Å². The van der Waals surface area contributed by atoms with E-state index in [1.165, 1.54) is 12.1 Å². The number of hydrogen-bond donors (Lipinski definition) is 3. The Kier molecular flexibility index (Phi) is 6.80. The van der Waals surface area contributed by atoms with Gasteiger partial charge in [0.15, 0.2) is 0 Å². The molecule has 0 saturated carbocycles. The minimum Gasteiger partial charge on any atom is -0.480 e. The zero-order valence-electron chi connectivity index (χ0n) is 12.2. The molecule has 0 aliphatic heterocycles. The van der Waals surface area contributed by atoms with Crippen LogP contribution in [0.15, 0.2) is 35.2 Å². The van der Waals surface area contributed by atoms with Crippen LogP contribution in [-0.2, 0) is 14.8 Å². The first-order chi connectivity index (χ1) is 9.88. The second kappa shape index (κ2) is 8.11. The van der Waals surface area contributed by atoms with Crippen molar-refractivity contribution >= 4 is 16.0 Å². The van der Waals surface area contributed by atoms with Gasteiger partial charge >= 0.3 is 5.97 Å². The number of sulfonamides is 1. The van der Waals surface area contributed by atoms with Crippen molar-refractivity contribution in [2.24, 2.45) is 5.92 Å². The molecule has 1 aromatic carbocycles. The lowest BCUT2D eigenvalue weighted by Gasteiger charge is -2.20. The van der Waals surface area contributed by atoms with Crippen LogP contribution in [0.1, 0.15) is 20.3 Å². The van der Waals surface area contributed by atoms with E-state index in [0.29, 0.717) is 0 Å². The highest BCUT2D eigenvalue weighted by molar-refractivity contribution is 7.89. The summed E-state index contributed by atoms with van der Waals surface area (Å²) in [6.07, 6.45) is 0.736. The number of rotatable bonds is 9. The molecule has 1 aromatic rings. The molecular weight excluding hydrogens is 292 g/mol. The van der Waals surface area contributed by atoms with E-state index in [1.54, 1.807) is 18.2 Å². The van der Waals surface area contributed by atoms with Crippen molar-refractivity contribution in [2.45, 2.75) is 31.2 Å². The van der Waals surface area contributed by atoms with Gasteiger partial charge in [-0.15, -0.1) is 0 Å². The number of nitrogens with one attached hydrogen (secondary N) is 2. The van der Waals surface area contributed by atoms with Crippen LogP contribution in [0, 0.1) is 5.92 Å². The van der Waals surface area contributed by atoms with E-state index in [-0.39, 0.29) is 23.9 Å². The Labute approximate surface area is 125 Å². The highest BCUT2D eigenvalue weighted by atomic mass is 32.2. The molecular formula is C14H22N2O4S. The molecule has 0 aliphatic rings. The average molecular weight is 314 g/mol. The molecule has 0 fully saturated rings. The third-order valence-electron chi connectivity index (χ3n) is 3.31. The van der Waals surface area contributed by atoms with Crippen LogP contribution in [-0.4, -0.2) is 38.6 Å². The van der Waals surface area contributed by atoms with Gasteiger partial charge < -0.3 is 10.4 Å². The van der Waals surface area contributed by atoms with Gasteiger partial charge in [0.1, 0.15) is 6.04 Å². The molecule has 0 radical (unpaired) electrons. The molecule has 3 N–H and O–H groups in total. The lowest BCUT2D eigenvalue weighted by Crippen LogP contribution is -2.44. The molecule has 2 atom stereocenters.